The van der Waals surface area contributed by atoms with E-state index in [-0.39, 0.29) is 24.1 Å². The van der Waals surface area contributed by atoms with Gasteiger partial charge in [0.15, 0.2) is 6.29 Å². The molecule has 0 aromatic heterocycles. The molecule has 0 aliphatic carbocycles. The Hall–Kier alpha value is -3.11. The van der Waals surface area contributed by atoms with Gasteiger partial charge >= 0.3 is 0 Å². The normalized spacial score (nSPS) is 25.0. The maximum absolute atomic E-state index is 12.9. The van der Waals surface area contributed by atoms with Crippen LogP contribution < -0.4 is 31.3 Å². The van der Waals surface area contributed by atoms with Crippen molar-refractivity contribution in [1.82, 2.24) is 16.0 Å². The van der Waals surface area contributed by atoms with E-state index in [1.54, 1.807) is 43.5 Å². The monoisotopic (exact) mass is 487 g/mol. The Kier molecular flexibility index (Phi) is 6.10. The van der Waals surface area contributed by atoms with Crippen molar-refractivity contribution in [3.8, 4) is 5.75 Å². The molecule has 0 spiro atoms. The standard InChI is InChI=1S/C21H22BrN5O4/c1-31-14-8-6-13(7-9-14)24-21-26-18-17(20(30)27-21)15(10-16(28)25-18)19(29)23-12-4-2-11(22)3-5-12/h2-9,15,17-18,21,24,26H,10H2,1H3,(H,23,29)(H,25,28)(H,27,30). The van der Waals surface area contributed by atoms with Crippen molar-refractivity contribution >= 4 is 45.0 Å². The second-order valence-corrected chi connectivity index (χ2v) is 8.27. The second-order valence-electron chi connectivity index (χ2n) is 7.36. The first-order valence-corrected chi connectivity index (χ1v) is 10.5. The summed E-state index contributed by atoms with van der Waals surface area (Å²) in [5.41, 5.74) is 1.35. The van der Waals surface area contributed by atoms with E-state index in [2.05, 4.69) is 42.5 Å². The van der Waals surface area contributed by atoms with Gasteiger partial charge in [0.05, 0.1) is 25.1 Å². The zero-order chi connectivity index (χ0) is 22.0. The molecule has 2 aromatic carbocycles. The van der Waals surface area contributed by atoms with E-state index in [4.69, 9.17) is 4.74 Å². The Morgan fingerprint density at radius 2 is 1.71 bits per heavy atom. The third-order valence-electron chi connectivity index (χ3n) is 5.30. The molecule has 3 amide bonds. The van der Waals surface area contributed by atoms with Crippen molar-refractivity contribution in [2.24, 2.45) is 11.8 Å². The van der Waals surface area contributed by atoms with Crippen molar-refractivity contribution < 1.29 is 19.1 Å². The summed E-state index contributed by atoms with van der Waals surface area (Å²) < 4.78 is 6.02. The molecule has 2 fully saturated rings. The lowest BCUT2D eigenvalue weighted by Gasteiger charge is -2.43. The Balaban J connectivity index is 1.45. The zero-order valence-electron chi connectivity index (χ0n) is 16.6. The number of benzene rings is 2. The van der Waals surface area contributed by atoms with Gasteiger partial charge in [-0.25, -0.2) is 0 Å². The first-order valence-electron chi connectivity index (χ1n) is 9.76. The summed E-state index contributed by atoms with van der Waals surface area (Å²) in [6.07, 6.45) is -1.35. The highest BCUT2D eigenvalue weighted by Crippen LogP contribution is 2.28. The van der Waals surface area contributed by atoms with Gasteiger partial charge in [-0.2, -0.15) is 0 Å². The van der Waals surface area contributed by atoms with E-state index in [1.165, 1.54) is 0 Å². The summed E-state index contributed by atoms with van der Waals surface area (Å²) >= 11 is 3.35. The number of anilines is 2. The maximum Gasteiger partial charge on any atom is 0.229 e. The number of carbonyl (C=O) groups is 3. The van der Waals surface area contributed by atoms with Crippen LogP contribution in [0, 0.1) is 11.8 Å². The molecule has 2 heterocycles. The van der Waals surface area contributed by atoms with E-state index in [0.717, 1.165) is 10.2 Å². The summed E-state index contributed by atoms with van der Waals surface area (Å²) in [7, 11) is 1.58. The number of nitrogens with one attached hydrogen (secondary N) is 5. The van der Waals surface area contributed by atoms with E-state index < -0.39 is 24.3 Å². The average Bonchev–Trinajstić information content (AvgIpc) is 2.75. The molecule has 2 aliphatic heterocycles. The van der Waals surface area contributed by atoms with Gasteiger partial charge in [-0.15, -0.1) is 0 Å². The number of methoxy groups -OCH3 is 1. The van der Waals surface area contributed by atoms with Crippen LogP contribution >= 0.6 is 15.9 Å². The SMILES string of the molecule is COc1ccc(NC2NC(=O)C3C(NC(=O)CC3C(=O)Nc3ccc(Br)cc3)N2)cc1. The summed E-state index contributed by atoms with van der Waals surface area (Å²) in [5.74, 6) is -1.79. The van der Waals surface area contributed by atoms with Gasteiger partial charge in [-0.05, 0) is 48.5 Å². The smallest absolute Gasteiger partial charge is 0.229 e. The minimum atomic E-state index is -0.795. The molecule has 9 nitrogen and oxygen atoms in total. The molecule has 4 rings (SSSR count). The maximum atomic E-state index is 12.9. The predicted molar refractivity (Wildman–Crippen MR) is 118 cm³/mol. The molecule has 2 saturated heterocycles. The lowest BCUT2D eigenvalue weighted by Crippen LogP contribution is -2.72. The number of ether oxygens (including phenoxy) is 1. The lowest BCUT2D eigenvalue weighted by atomic mass is 9.81. The number of halogens is 1. The first kappa shape index (κ1) is 21.1. The number of hydrogen-bond acceptors (Lipinski definition) is 6. The largest absolute Gasteiger partial charge is 0.497 e. The second kappa shape index (κ2) is 8.94. The van der Waals surface area contributed by atoms with Crippen molar-refractivity contribution in [3.05, 3.63) is 53.0 Å². The molecule has 5 N–H and O–H groups in total. The highest BCUT2D eigenvalue weighted by Gasteiger charge is 2.48. The zero-order valence-corrected chi connectivity index (χ0v) is 18.2. The van der Waals surface area contributed by atoms with Crippen molar-refractivity contribution in [2.75, 3.05) is 17.7 Å². The summed E-state index contributed by atoms with van der Waals surface area (Å²) in [5, 5.41) is 14.7. The fraction of sp³-hybridized carbons (Fsp3) is 0.286. The molecule has 0 bridgehead atoms. The average molecular weight is 488 g/mol. The Bertz CT molecular complexity index is 982. The van der Waals surface area contributed by atoms with Gasteiger partial charge in [0.25, 0.3) is 0 Å². The van der Waals surface area contributed by atoms with Crippen molar-refractivity contribution in [3.63, 3.8) is 0 Å². The highest BCUT2D eigenvalue weighted by atomic mass is 79.9. The third kappa shape index (κ3) is 4.80. The topological polar surface area (TPSA) is 121 Å². The molecular weight excluding hydrogens is 466 g/mol. The number of fused-ring (bicyclic) bond motifs is 1. The molecule has 4 atom stereocenters. The molecule has 0 radical (unpaired) electrons. The van der Waals surface area contributed by atoms with Crippen LogP contribution in [-0.4, -0.2) is 37.3 Å². The number of amides is 3. The van der Waals surface area contributed by atoms with Crippen LogP contribution in [0.1, 0.15) is 6.42 Å². The Morgan fingerprint density at radius 1 is 1.03 bits per heavy atom. The van der Waals surface area contributed by atoms with E-state index >= 15 is 0 Å². The van der Waals surface area contributed by atoms with Crippen LogP contribution in [0.25, 0.3) is 0 Å². The summed E-state index contributed by atoms with van der Waals surface area (Å²) in [4.78, 5) is 38.1. The fourth-order valence-corrected chi connectivity index (χ4v) is 4.04. The van der Waals surface area contributed by atoms with E-state index in [0.29, 0.717) is 11.4 Å². The van der Waals surface area contributed by atoms with Crippen LogP contribution in [0.4, 0.5) is 11.4 Å². The number of piperidine rings is 1. The lowest BCUT2D eigenvalue weighted by molar-refractivity contribution is -0.144. The number of rotatable bonds is 5. The molecular formula is C21H22BrN5O4. The third-order valence-corrected chi connectivity index (χ3v) is 5.83. The van der Waals surface area contributed by atoms with Crippen LogP contribution in [0.3, 0.4) is 0 Å². The van der Waals surface area contributed by atoms with Gasteiger partial charge in [0.1, 0.15) is 5.75 Å². The van der Waals surface area contributed by atoms with Gasteiger partial charge in [0.2, 0.25) is 17.7 Å². The first-order chi connectivity index (χ1) is 14.9. The molecule has 162 valence electrons. The molecule has 0 saturated carbocycles. The van der Waals surface area contributed by atoms with Crippen molar-refractivity contribution in [1.29, 1.82) is 0 Å². The van der Waals surface area contributed by atoms with Crippen LogP contribution in [-0.2, 0) is 14.4 Å². The quantitative estimate of drug-likeness (QED) is 0.436. The Labute approximate surface area is 187 Å². The Morgan fingerprint density at radius 3 is 2.39 bits per heavy atom. The van der Waals surface area contributed by atoms with Gasteiger partial charge in [0, 0.05) is 22.3 Å². The molecule has 4 unspecified atom stereocenters. The minimum absolute atomic E-state index is 0.0603. The molecule has 31 heavy (non-hydrogen) atoms. The van der Waals surface area contributed by atoms with Crippen LogP contribution in [0.2, 0.25) is 0 Å². The van der Waals surface area contributed by atoms with Gasteiger partial charge < -0.3 is 26.0 Å². The van der Waals surface area contributed by atoms with E-state index in [1.807, 2.05) is 12.1 Å². The number of carbonyl (C=O) groups excluding carboxylic acids is 3. The highest BCUT2D eigenvalue weighted by molar-refractivity contribution is 9.10. The minimum Gasteiger partial charge on any atom is -0.497 e. The molecule has 2 aromatic rings. The molecule has 2 aliphatic rings. The summed E-state index contributed by atoms with van der Waals surface area (Å²) in [6, 6.07) is 14.3. The van der Waals surface area contributed by atoms with Gasteiger partial charge in [-0.3, -0.25) is 19.7 Å². The summed E-state index contributed by atoms with van der Waals surface area (Å²) in [6.45, 7) is 0. The fourth-order valence-electron chi connectivity index (χ4n) is 3.78. The van der Waals surface area contributed by atoms with Crippen molar-refractivity contribution in [2.45, 2.75) is 18.9 Å². The predicted octanol–water partition coefficient (Wildman–Crippen LogP) is 1.59. The van der Waals surface area contributed by atoms with Crippen LogP contribution in [0.5, 0.6) is 5.75 Å². The van der Waals surface area contributed by atoms with Gasteiger partial charge in [-0.1, -0.05) is 15.9 Å². The van der Waals surface area contributed by atoms with E-state index in [9.17, 15) is 14.4 Å². The van der Waals surface area contributed by atoms with Crippen LogP contribution in [0.15, 0.2) is 53.0 Å². The number of hydrogen-bond donors (Lipinski definition) is 5. The molecule has 10 heteroatoms.